The largest absolute Gasteiger partial charge is 2.00 e. The molecule has 0 saturated heterocycles. The van der Waals surface area contributed by atoms with E-state index in [1.807, 2.05) is 0 Å². The molecule has 0 heterocycles. The van der Waals surface area contributed by atoms with Crippen LogP contribution in [-0.2, 0) is 78.7 Å². The Balaban J connectivity index is -0.0000000546. The summed E-state index contributed by atoms with van der Waals surface area (Å²) in [4.78, 5) is 0. The van der Waals surface area contributed by atoms with E-state index in [0.29, 0.717) is 0 Å². The Morgan fingerprint density at radius 2 is 1.00 bits per heavy atom. The molecule has 0 radical (unpaired) electrons. The van der Waals surface area contributed by atoms with Gasteiger partial charge in [0.05, 0.1) is 0 Å². The van der Waals surface area contributed by atoms with Crippen molar-refractivity contribution in [1.82, 2.24) is 0 Å². The molecule has 13 heavy (non-hydrogen) atoms. The molecule has 0 fully saturated rings. The van der Waals surface area contributed by atoms with Gasteiger partial charge in [-0.2, -0.15) is 0 Å². The summed E-state index contributed by atoms with van der Waals surface area (Å²) < 4.78 is 64.9. The van der Waals surface area contributed by atoms with Crippen molar-refractivity contribution >= 4 is 37.1 Å². The van der Waals surface area contributed by atoms with Crippen molar-refractivity contribution in [3.8, 4) is 0 Å². The van der Waals surface area contributed by atoms with Crippen LogP contribution in [0.1, 0.15) is 0 Å². The third-order valence-electron chi connectivity index (χ3n) is 0.0833. The fraction of sp³-hybridized carbons (Fsp3) is 0. The van der Waals surface area contributed by atoms with Gasteiger partial charge in [0.15, 0.2) is 0 Å². The topological polar surface area (TPSA) is 147 Å². The summed E-state index contributed by atoms with van der Waals surface area (Å²) in [5.74, 6) is 0. The summed E-state index contributed by atoms with van der Waals surface area (Å²) in [7, 11) is -9.63. The molecule has 0 N–H and O–H groups in total. The Morgan fingerprint density at radius 1 is 0.923 bits per heavy atom. The zero-order chi connectivity index (χ0) is 9.71. The van der Waals surface area contributed by atoms with Crippen LogP contribution in [0.15, 0.2) is 0 Å². The molecule has 0 aromatic carbocycles. The molecule has 0 aliphatic heterocycles. The molecule has 0 aliphatic rings. The van der Waals surface area contributed by atoms with Crippen LogP contribution in [0.4, 0.5) is 0 Å². The average molecular weight is 496 g/mol. The van der Waals surface area contributed by atoms with Crippen molar-refractivity contribution < 1.29 is 88.4 Å². The Bertz CT molecular complexity index is 267. The quantitative estimate of drug-likeness (QED) is 0.215. The second-order valence-electron chi connectivity index (χ2n) is 0.885. The molecule has 8 nitrogen and oxygen atoms in total. The van der Waals surface area contributed by atoms with Crippen LogP contribution in [0.2, 0.25) is 0 Å². The zero-order valence-corrected chi connectivity index (χ0v) is 17.3. The Labute approximate surface area is 124 Å². The van der Waals surface area contributed by atoms with Gasteiger partial charge < -0.3 is 9.11 Å². The summed E-state index contributed by atoms with van der Waals surface area (Å²) in [5, 5.41) is 0. The van der Waals surface area contributed by atoms with Gasteiger partial charge in [0.2, 0.25) is 0 Å². The van der Waals surface area contributed by atoms with Crippen LogP contribution < -0.4 is 0 Å². The molecule has 0 rings (SSSR count). The SMILES string of the molecule is O=S(=O)([O-])O[Se-].O=S(=O)([O-])[O-].[Cd+2].[Cd+2]. The van der Waals surface area contributed by atoms with Crippen LogP contribution in [0.3, 0.4) is 0 Å². The van der Waals surface area contributed by atoms with Crippen LogP contribution in [0.25, 0.3) is 0 Å². The first kappa shape index (κ1) is 24.4. The van der Waals surface area contributed by atoms with Crippen molar-refractivity contribution in [2.45, 2.75) is 0 Å². The molecular weight excluding hydrogens is 496 g/mol. The van der Waals surface area contributed by atoms with Crippen LogP contribution in [-0.4, -0.2) is 46.8 Å². The number of hydrogen-bond donors (Lipinski definition) is 0. The molecule has 0 amide bonds. The third kappa shape index (κ3) is 79.3. The second-order valence-corrected chi connectivity index (χ2v) is 3.51. The van der Waals surface area contributed by atoms with E-state index in [0.717, 1.165) is 0 Å². The predicted octanol–water partition coefficient (Wildman–Crippen LogP) is -2.80. The minimum absolute atomic E-state index is 0. The Kier molecular flexibility index (Phi) is 19.9. The van der Waals surface area contributed by atoms with Gasteiger partial charge in [-0.25, -0.2) is 0 Å². The molecular formula is Cd2O8S2Se. The van der Waals surface area contributed by atoms with E-state index in [1.165, 1.54) is 0 Å². The minimum atomic E-state index is -5.17. The van der Waals surface area contributed by atoms with Gasteiger partial charge in [0.25, 0.3) is 0 Å². The maximum Gasteiger partial charge on any atom is 2.00 e. The summed E-state index contributed by atoms with van der Waals surface area (Å²) in [6, 6.07) is 0. The van der Waals surface area contributed by atoms with E-state index in [2.05, 4.69) is 3.27 Å². The van der Waals surface area contributed by atoms with E-state index in [-0.39, 0.29) is 54.6 Å². The molecule has 0 spiro atoms. The van der Waals surface area contributed by atoms with Gasteiger partial charge >= 0.3 is 97.6 Å². The fourth-order valence-electron chi connectivity index (χ4n) is 0. The summed E-state index contributed by atoms with van der Waals surface area (Å²) >= 11 is 1.58. The van der Waals surface area contributed by atoms with Crippen molar-refractivity contribution in [3.05, 3.63) is 0 Å². The number of hydrogen-bond acceptors (Lipinski definition) is 8. The first-order valence-corrected chi connectivity index (χ1v) is 4.87. The standard InChI is InChI=1S/2Cd.H2O4SSe.H2O4S/c;;1-5(2,3)4-6;1-5(2,3)4/h;;6H,(H,1,2,3);(H2,1,2,3,4)/q2*+2;;/p-4. The van der Waals surface area contributed by atoms with Crippen molar-refractivity contribution in [2.24, 2.45) is 0 Å². The molecule has 0 aromatic heterocycles. The van der Waals surface area contributed by atoms with Crippen LogP contribution in [0, 0.1) is 0 Å². The molecule has 70 valence electrons. The van der Waals surface area contributed by atoms with E-state index in [4.69, 9.17) is 17.5 Å². The molecule has 13 heteroatoms. The minimum Gasteiger partial charge on any atom is -0.759 e. The van der Waals surface area contributed by atoms with Crippen LogP contribution in [0.5, 0.6) is 0 Å². The Morgan fingerprint density at radius 3 is 1.00 bits per heavy atom. The van der Waals surface area contributed by atoms with Gasteiger partial charge in [-0.15, -0.1) is 0 Å². The second kappa shape index (κ2) is 10.6. The monoisotopic (exact) mass is 500 g/mol. The Hall–Kier alpha value is 2.10. The zero-order valence-electron chi connectivity index (χ0n) is 5.90. The van der Waals surface area contributed by atoms with Gasteiger partial charge in [-0.05, 0) is 0 Å². The van der Waals surface area contributed by atoms with Crippen LogP contribution >= 0.6 is 0 Å². The summed E-state index contributed by atoms with van der Waals surface area (Å²) in [6.07, 6.45) is 0. The molecule has 0 bridgehead atoms. The maximum atomic E-state index is 9.19. The third-order valence-corrected chi connectivity index (χ3v) is 1.30. The molecule has 0 saturated carbocycles. The van der Waals surface area contributed by atoms with Crippen molar-refractivity contribution in [1.29, 1.82) is 0 Å². The van der Waals surface area contributed by atoms with E-state index in [1.54, 1.807) is 16.3 Å². The van der Waals surface area contributed by atoms with Gasteiger partial charge in [0, 0.05) is 10.4 Å². The van der Waals surface area contributed by atoms with Gasteiger partial charge in [-0.3, -0.25) is 8.42 Å². The molecule has 0 unspecified atom stereocenters. The van der Waals surface area contributed by atoms with E-state index >= 15 is 0 Å². The summed E-state index contributed by atoms with van der Waals surface area (Å²) in [6.45, 7) is 0. The normalized spacial score (nSPS) is 9.85. The molecule has 0 atom stereocenters. The first-order chi connectivity index (χ1) is 4.56. The number of rotatable bonds is 1. The average Bonchev–Trinajstić information content (AvgIpc) is 1.59. The van der Waals surface area contributed by atoms with Gasteiger partial charge in [-0.1, -0.05) is 0 Å². The molecule has 0 aromatic rings. The van der Waals surface area contributed by atoms with E-state index < -0.39 is 20.8 Å². The first-order valence-electron chi connectivity index (χ1n) is 1.50. The predicted molar refractivity (Wildman–Crippen MR) is 27.0 cm³/mol. The summed E-state index contributed by atoms with van der Waals surface area (Å²) in [5.41, 5.74) is 0. The maximum absolute atomic E-state index is 9.19. The fourth-order valence-corrected chi connectivity index (χ4v) is 0. The smallest absolute Gasteiger partial charge is 0.759 e. The van der Waals surface area contributed by atoms with Crippen molar-refractivity contribution in [3.63, 3.8) is 0 Å². The molecule has 0 aliphatic carbocycles. The van der Waals surface area contributed by atoms with Gasteiger partial charge in [0.1, 0.15) is 0 Å². The van der Waals surface area contributed by atoms with E-state index in [9.17, 15) is 13.0 Å². The van der Waals surface area contributed by atoms with Crippen molar-refractivity contribution in [2.75, 3.05) is 0 Å².